The molecule has 6 bridgehead atoms. The van der Waals surface area contributed by atoms with Crippen molar-refractivity contribution >= 4 is 5.97 Å². The van der Waals surface area contributed by atoms with Crippen molar-refractivity contribution in [2.45, 2.75) is 38.5 Å². The predicted molar refractivity (Wildman–Crippen MR) is 93.3 cm³/mol. The van der Waals surface area contributed by atoms with E-state index in [2.05, 4.69) is 12.2 Å². The maximum atomic E-state index is 12.7. The molecule has 0 aliphatic heterocycles. The van der Waals surface area contributed by atoms with Crippen molar-refractivity contribution in [2.75, 3.05) is 13.2 Å². The Bertz CT molecular complexity index is 612. The maximum absolute atomic E-state index is 12.7. The molecule has 25 heavy (non-hydrogen) atoms. The van der Waals surface area contributed by atoms with Gasteiger partial charge in [-0.15, -0.1) is 0 Å². The average molecular weight is 342 g/mol. The van der Waals surface area contributed by atoms with E-state index >= 15 is 0 Å². The lowest BCUT2D eigenvalue weighted by molar-refractivity contribution is -0.152. The molecule has 6 aliphatic rings. The lowest BCUT2D eigenvalue weighted by atomic mass is 9.59. The van der Waals surface area contributed by atoms with Crippen molar-refractivity contribution in [3.05, 3.63) is 12.2 Å². The Labute approximate surface area is 150 Å². The molecular weight excluding hydrogens is 312 g/mol. The van der Waals surface area contributed by atoms with Crippen LogP contribution < -0.4 is 0 Å². The Hall–Kier alpha value is -0.830. The lowest BCUT2D eigenvalue weighted by Crippen LogP contribution is -2.43. The molecule has 6 rings (SSSR count). The normalized spacial score (nSPS) is 55.8. The number of rotatable bonds is 5. The molecule has 0 radical (unpaired) electrons. The molecule has 5 fully saturated rings. The molecule has 3 heteroatoms. The molecule has 11 atom stereocenters. The molecule has 0 aromatic carbocycles. The number of carbonyl (C=O) groups excluding carboxylic acids is 1. The van der Waals surface area contributed by atoms with Gasteiger partial charge < -0.3 is 9.84 Å². The Morgan fingerprint density at radius 3 is 2.40 bits per heavy atom. The summed E-state index contributed by atoms with van der Waals surface area (Å²) >= 11 is 0. The van der Waals surface area contributed by atoms with Gasteiger partial charge in [-0.05, 0) is 97.7 Å². The van der Waals surface area contributed by atoms with E-state index in [0.717, 1.165) is 72.5 Å². The zero-order valence-corrected chi connectivity index (χ0v) is 14.9. The largest absolute Gasteiger partial charge is 0.465 e. The molecule has 0 amide bonds. The van der Waals surface area contributed by atoms with E-state index in [-0.39, 0.29) is 18.5 Å². The zero-order chi connectivity index (χ0) is 16.7. The fraction of sp³-hybridized carbons (Fsp3) is 0.864. The van der Waals surface area contributed by atoms with Crippen LogP contribution in [0.2, 0.25) is 0 Å². The highest BCUT2D eigenvalue weighted by Crippen LogP contribution is 2.76. The number of aliphatic hydroxyl groups is 1. The number of unbranched alkanes of at least 4 members (excludes halogenated alkanes) is 1. The number of hydrogen-bond donors (Lipinski definition) is 1. The molecule has 11 unspecified atom stereocenters. The number of aliphatic hydroxyl groups excluding tert-OH is 1. The van der Waals surface area contributed by atoms with Crippen molar-refractivity contribution in [2.24, 2.45) is 65.1 Å². The van der Waals surface area contributed by atoms with Crippen molar-refractivity contribution in [1.29, 1.82) is 0 Å². The predicted octanol–water partition coefficient (Wildman–Crippen LogP) is 3.28. The lowest BCUT2D eigenvalue weighted by Gasteiger charge is -2.45. The third-order valence-corrected chi connectivity index (χ3v) is 9.34. The molecule has 3 nitrogen and oxygen atoms in total. The smallest absolute Gasteiger partial charge is 0.309 e. The summed E-state index contributed by atoms with van der Waals surface area (Å²) in [6, 6.07) is 0. The van der Waals surface area contributed by atoms with Crippen LogP contribution in [0.5, 0.6) is 0 Å². The molecule has 0 aromatic rings. The van der Waals surface area contributed by atoms with Crippen molar-refractivity contribution in [3.63, 3.8) is 0 Å². The van der Waals surface area contributed by atoms with Gasteiger partial charge in [0.1, 0.15) is 0 Å². The average Bonchev–Trinajstić information content (AvgIpc) is 3.41. The zero-order valence-electron chi connectivity index (χ0n) is 14.9. The van der Waals surface area contributed by atoms with Crippen LogP contribution in [0, 0.1) is 65.1 Å². The van der Waals surface area contributed by atoms with E-state index < -0.39 is 0 Å². The molecule has 0 spiro atoms. The number of ether oxygens (including phenoxy) is 1. The van der Waals surface area contributed by atoms with E-state index in [1.165, 1.54) is 19.3 Å². The molecular formula is C22H30O3. The van der Waals surface area contributed by atoms with Crippen LogP contribution in [-0.4, -0.2) is 24.3 Å². The van der Waals surface area contributed by atoms with Crippen LogP contribution in [0.15, 0.2) is 12.2 Å². The second kappa shape index (κ2) is 5.34. The van der Waals surface area contributed by atoms with Gasteiger partial charge in [0.25, 0.3) is 0 Å². The Kier molecular flexibility index (Phi) is 3.26. The van der Waals surface area contributed by atoms with Gasteiger partial charge in [-0.3, -0.25) is 4.79 Å². The third kappa shape index (κ3) is 1.89. The van der Waals surface area contributed by atoms with E-state index in [1.807, 2.05) is 0 Å². The Morgan fingerprint density at radius 2 is 1.64 bits per heavy atom. The van der Waals surface area contributed by atoms with Crippen LogP contribution in [0.3, 0.4) is 0 Å². The molecule has 6 aliphatic carbocycles. The fourth-order valence-electron chi connectivity index (χ4n) is 9.01. The van der Waals surface area contributed by atoms with E-state index in [1.54, 1.807) is 0 Å². The van der Waals surface area contributed by atoms with Crippen LogP contribution >= 0.6 is 0 Å². The van der Waals surface area contributed by atoms with Gasteiger partial charge in [-0.2, -0.15) is 0 Å². The second-order valence-electron chi connectivity index (χ2n) is 9.92. The van der Waals surface area contributed by atoms with Gasteiger partial charge >= 0.3 is 5.97 Å². The van der Waals surface area contributed by atoms with Crippen molar-refractivity contribution in [1.82, 2.24) is 0 Å². The number of esters is 1. The number of carbonyl (C=O) groups is 1. The second-order valence-corrected chi connectivity index (χ2v) is 9.92. The number of fused-ring (bicyclic) bond motifs is 16. The summed E-state index contributed by atoms with van der Waals surface area (Å²) in [6.07, 6.45) is 11.9. The number of hydrogen-bond acceptors (Lipinski definition) is 3. The van der Waals surface area contributed by atoms with Crippen LogP contribution in [0.1, 0.15) is 38.5 Å². The quantitative estimate of drug-likeness (QED) is 0.361. The highest BCUT2D eigenvalue weighted by Gasteiger charge is 2.71. The van der Waals surface area contributed by atoms with E-state index in [9.17, 15) is 4.79 Å². The highest BCUT2D eigenvalue weighted by molar-refractivity contribution is 5.73. The van der Waals surface area contributed by atoms with E-state index in [4.69, 9.17) is 9.84 Å². The molecule has 0 aromatic heterocycles. The van der Waals surface area contributed by atoms with Crippen LogP contribution in [-0.2, 0) is 9.53 Å². The first-order valence-corrected chi connectivity index (χ1v) is 10.7. The number of allylic oxidation sites excluding steroid dienone is 2. The van der Waals surface area contributed by atoms with Gasteiger partial charge in [0, 0.05) is 6.61 Å². The van der Waals surface area contributed by atoms with Gasteiger partial charge in [0.05, 0.1) is 12.5 Å². The minimum absolute atomic E-state index is 0.0797. The molecule has 136 valence electrons. The minimum Gasteiger partial charge on any atom is -0.465 e. The summed E-state index contributed by atoms with van der Waals surface area (Å²) in [5.74, 6) is 9.12. The summed E-state index contributed by atoms with van der Waals surface area (Å²) in [4.78, 5) is 12.7. The van der Waals surface area contributed by atoms with Crippen LogP contribution in [0.25, 0.3) is 0 Å². The summed E-state index contributed by atoms with van der Waals surface area (Å²) in [6.45, 7) is 0.685. The topological polar surface area (TPSA) is 46.5 Å². The molecule has 0 saturated heterocycles. The first-order valence-electron chi connectivity index (χ1n) is 10.7. The SMILES string of the molecule is O=C(OCCCCO)C1CC2CC1C1C3CC(C4C5C=CC(C5)C34)C21. The first-order chi connectivity index (χ1) is 12.3. The summed E-state index contributed by atoms with van der Waals surface area (Å²) < 4.78 is 5.58. The molecule has 1 N–H and O–H groups in total. The summed E-state index contributed by atoms with van der Waals surface area (Å²) in [5, 5.41) is 8.87. The maximum Gasteiger partial charge on any atom is 0.309 e. The monoisotopic (exact) mass is 342 g/mol. The highest BCUT2D eigenvalue weighted by atomic mass is 16.5. The van der Waals surface area contributed by atoms with Crippen LogP contribution in [0.4, 0.5) is 0 Å². The van der Waals surface area contributed by atoms with Gasteiger partial charge in [0.15, 0.2) is 0 Å². The third-order valence-electron chi connectivity index (χ3n) is 9.34. The molecule has 5 saturated carbocycles. The van der Waals surface area contributed by atoms with Crippen molar-refractivity contribution in [3.8, 4) is 0 Å². The minimum atomic E-state index is 0.0797. The van der Waals surface area contributed by atoms with Crippen molar-refractivity contribution < 1.29 is 14.6 Å². The Balaban J connectivity index is 1.18. The van der Waals surface area contributed by atoms with Gasteiger partial charge in [0.2, 0.25) is 0 Å². The standard InChI is InChI=1S/C22H30O3/c23-5-1-2-6-25-22(24)15-9-13-8-14(15)21-17-10-16(20(13)21)18-11-3-4-12(7-11)19(17)18/h3-4,11-21,23H,1-2,5-10H2. The first kappa shape index (κ1) is 15.2. The summed E-state index contributed by atoms with van der Waals surface area (Å²) in [5.41, 5.74) is 0. The summed E-state index contributed by atoms with van der Waals surface area (Å²) in [7, 11) is 0. The van der Waals surface area contributed by atoms with E-state index in [0.29, 0.717) is 12.5 Å². The van der Waals surface area contributed by atoms with Gasteiger partial charge in [-0.1, -0.05) is 12.2 Å². The van der Waals surface area contributed by atoms with Gasteiger partial charge in [-0.25, -0.2) is 0 Å². The Morgan fingerprint density at radius 1 is 0.880 bits per heavy atom. The molecule has 0 heterocycles. The fourth-order valence-corrected chi connectivity index (χ4v) is 9.01.